The van der Waals surface area contributed by atoms with Crippen LogP contribution in [0.15, 0.2) is 59.4 Å². The second-order valence-electron chi connectivity index (χ2n) is 5.16. The topological polar surface area (TPSA) is 54.4 Å². The molecule has 1 N–H and O–H groups in total. The Morgan fingerprint density at radius 1 is 0.952 bits per heavy atom. The molecule has 0 aliphatic heterocycles. The molecular weight excluding hydrogens is 264 g/mol. The summed E-state index contributed by atoms with van der Waals surface area (Å²) in [5, 5.41) is 12.0. The van der Waals surface area contributed by atoms with Gasteiger partial charge in [0.1, 0.15) is 0 Å². The molecule has 0 bridgehead atoms. The van der Waals surface area contributed by atoms with Crippen LogP contribution >= 0.6 is 0 Å². The van der Waals surface area contributed by atoms with E-state index in [1.54, 1.807) is 25.1 Å². The number of aliphatic carboxylic acids is 1. The number of carbonyl (C=O) groups is 1. The number of benzene rings is 2. The molecule has 0 radical (unpaired) electrons. The van der Waals surface area contributed by atoms with Crippen molar-refractivity contribution in [2.75, 3.05) is 0 Å². The van der Waals surface area contributed by atoms with Gasteiger partial charge in [-0.2, -0.15) is 0 Å². The van der Waals surface area contributed by atoms with E-state index in [0.717, 1.165) is 10.8 Å². The fourth-order valence-electron chi connectivity index (χ4n) is 2.51. The molecule has 0 aromatic heterocycles. The van der Waals surface area contributed by atoms with Gasteiger partial charge in [0.05, 0.1) is 5.92 Å². The summed E-state index contributed by atoms with van der Waals surface area (Å²) in [4.78, 5) is 23.7. The molecule has 0 aliphatic rings. The Labute approximate surface area is 121 Å². The molecule has 0 heterocycles. The van der Waals surface area contributed by atoms with Gasteiger partial charge in [-0.05, 0) is 23.3 Å². The second-order valence-corrected chi connectivity index (χ2v) is 5.16. The maximum atomic E-state index is 12.6. The average molecular weight is 278 g/mol. The van der Waals surface area contributed by atoms with Crippen molar-refractivity contribution in [2.45, 2.75) is 12.8 Å². The lowest BCUT2D eigenvalue weighted by Gasteiger charge is -2.06. The van der Waals surface area contributed by atoms with Crippen molar-refractivity contribution in [2.24, 2.45) is 0 Å². The van der Waals surface area contributed by atoms with Gasteiger partial charge in [0, 0.05) is 10.8 Å². The van der Waals surface area contributed by atoms with Crippen LogP contribution in [0, 0.1) is 0 Å². The normalized spacial score (nSPS) is 12.4. The van der Waals surface area contributed by atoms with Gasteiger partial charge in [0.25, 0.3) is 0 Å². The SMILES string of the molecule is C[C@@H](C(=O)O)c1ccc2c(=O)c3ccccc3ccc2c1. The van der Waals surface area contributed by atoms with E-state index < -0.39 is 11.9 Å². The third-order valence-corrected chi connectivity index (χ3v) is 3.84. The molecule has 0 spiro atoms. The van der Waals surface area contributed by atoms with Crippen LogP contribution in [-0.4, -0.2) is 11.1 Å². The van der Waals surface area contributed by atoms with Gasteiger partial charge in [-0.25, -0.2) is 0 Å². The minimum atomic E-state index is -0.873. The molecule has 3 aromatic rings. The zero-order chi connectivity index (χ0) is 15.0. The van der Waals surface area contributed by atoms with Gasteiger partial charge in [0.2, 0.25) is 0 Å². The van der Waals surface area contributed by atoms with Crippen molar-refractivity contribution < 1.29 is 9.90 Å². The van der Waals surface area contributed by atoms with Crippen molar-refractivity contribution in [3.8, 4) is 0 Å². The highest BCUT2D eigenvalue weighted by atomic mass is 16.4. The van der Waals surface area contributed by atoms with Crippen molar-refractivity contribution in [1.82, 2.24) is 0 Å². The van der Waals surface area contributed by atoms with Crippen LogP contribution in [0.4, 0.5) is 0 Å². The largest absolute Gasteiger partial charge is 0.481 e. The molecule has 3 nitrogen and oxygen atoms in total. The Morgan fingerprint density at radius 3 is 2.38 bits per heavy atom. The second kappa shape index (κ2) is 5.02. The zero-order valence-corrected chi connectivity index (χ0v) is 11.5. The van der Waals surface area contributed by atoms with Gasteiger partial charge in [-0.1, -0.05) is 54.6 Å². The van der Waals surface area contributed by atoms with Crippen LogP contribution in [0.1, 0.15) is 18.4 Å². The van der Waals surface area contributed by atoms with E-state index in [9.17, 15) is 9.59 Å². The summed E-state index contributed by atoms with van der Waals surface area (Å²) in [6.07, 6.45) is 0. The standard InChI is InChI=1S/C18H14O3/c1-11(18(20)21)13-8-9-16-14(10-13)7-6-12-4-2-3-5-15(12)17(16)19/h2-11H,1H3,(H,20,21)/t11-/m1/s1. The quantitative estimate of drug-likeness (QED) is 0.780. The molecule has 1 atom stereocenters. The van der Waals surface area contributed by atoms with Crippen LogP contribution in [0.25, 0.3) is 21.5 Å². The summed E-state index contributed by atoms with van der Waals surface area (Å²) in [5.41, 5.74) is 0.671. The Bertz CT molecular complexity index is 913. The minimum absolute atomic E-state index is 0.0277. The number of fused-ring (bicyclic) bond motifs is 2. The molecule has 0 amide bonds. The molecule has 3 aromatic carbocycles. The van der Waals surface area contributed by atoms with E-state index in [4.69, 9.17) is 5.11 Å². The van der Waals surface area contributed by atoms with Crippen molar-refractivity contribution in [1.29, 1.82) is 0 Å². The van der Waals surface area contributed by atoms with E-state index in [2.05, 4.69) is 0 Å². The molecule has 0 saturated heterocycles. The van der Waals surface area contributed by atoms with Crippen LogP contribution in [0.5, 0.6) is 0 Å². The number of hydrogen-bond donors (Lipinski definition) is 1. The molecule has 21 heavy (non-hydrogen) atoms. The fourth-order valence-corrected chi connectivity index (χ4v) is 2.51. The molecule has 104 valence electrons. The third kappa shape index (κ3) is 2.27. The molecule has 0 aliphatic carbocycles. The number of carboxylic acid groups (broad SMARTS) is 1. The van der Waals surface area contributed by atoms with E-state index in [1.807, 2.05) is 36.4 Å². The zero-order valence-electron chi connectivity index (χ0n) is 11.5. The summed E-state index contributed by atoms with van der Waals surface area (Å²) in [6, 6.07) is 16.4. The minimum Gasteiger partial charge on any atom is -0.481 e. The van der Waals surface area contributed by atoms with Crippen LogP contribution in [0.3, 0.4) is 0 Å². The van der Waals surface area contributed by atoms with E-state index in [1.165, 1.54) is 0 Å². The predicted molar refractivity (Wildman–Crippen MR) is 83.8 cm³/mol. The van der Waals surface area contributed by atoms with Gasteiger partial charge in [-0.15, -0.1) is 0 Å². The first-order valence-electron chi connectivity index (χ1n) is 6.76. The molecule has 3 rings (SSSR count). The average Bonchev–Trinajstić information content (AvgIpc) is 2.64. The van der Waals surface area contributed by atoms with Crippen LogP contribution in [-0.2, 0) is 4.79 Å². The monoisotopic (exact) mass is 278 g/mol. The predicted octanol–water partition coefficient (Wildman–Crippen LogP) is 3.54. The summed E-state index contributed by atoms with van der Waals surface area (Å²) in [6.45, 7) is 1.64. The fraction of sp³-hybridized carbons (Fsp3) is 0.111. The van der Waals surface area contributed by atoms with Gasteiger partial charge < -0.3 is 5.11 Å². The summed E-state index contributed by atoms with van der Waals surface area (Å²) < 4.78 is 0. The number of hydrogen-bond acceptors (Lipinski definition) is 2. The highest BCUT2D eigenvalue weighted by Gasteiger charge is 2.14. The van der Waals surface area contributed by atoms with Gasteiger partial charge in [-0.3, -0.25) is 9.59 Å². The maximum absolute atomic E-state index is 12.6. The van der Waals surface area contributed by atoms with Crippen LogP contribution in [0.2, 0.25) is 0 Å². The first-order valence-corrected chi connectivity index (χ1v) is 6.76. The third-order valence-electron chi connectivity index (χ3n) is 3.84. The lowest BCUT2D eigenvalue weighted by molar-refractivity contribution is -0.138. The molecule has 3 heteroatoms. The van der Waals surface area contributed by atoms with Crippen molar-refractivity contribution in [3.63, 3.8) is 0 Å². The first-order chi connectivity index (χ1) is 10.1. The Balaban J connectivity index is 2.36. The lowest BCUT2D eigenvalue weighted by atomic mass is 9.99. The number of rotatable bonds is 2. The number of carboxylic acids is 1. The Morgan fingerprint density at radius 2 is 1.62 bits per heavy atom. The van der Waals surface area contributed by atoms with E-state index in [0.29, 0.717) is 16.3 Å². The summed E-state index contributed by atoms with van der Waals surface area (Å²) >= 11 is 0. The van der Waals surface area contributed by atoms with Gasteiger partial charge in [0.15, 0.2) is 5.43 Å². The molecule has 0 fully saturated rings. The summed E-state index contributed by atoms with van der Waals surface area (Å²) in [5.74, 6) is -1.47. The van der Waals surface area contributed by atoms with E-state index in [-0.39, 0.29) is 5.43 Å². The highest BCUT2D eigenvalue weighted by Crippen LogP contribution is 2.21. The Kier molecular flexibility index (Phi) is 3.18. The van der Waals surface area contributed by atoms with E-state index >= 15 is 0 Å². The van der Waals surface area contributed by atoms with Crippen LogP contribution < -0.4 is 5.43 Å². The molecular formula is C18H14O3. The molecule has 0 unspecified atom stereocenters. The maximum Gasteiger partial charge on any atom is 0.310 e. The van der Waals surface area contributed by atoms with Crippen molar-refractivity contribution in [3.05, 3.63) is 70.4 Å². The summed E-state index contributed by atoms with van der Waals surface area (Å²) in [7, 11) is 0. The van der Waals surface area contributed by atoms with Gasteiger partial charge >= 0.3 is 5.97 Å². The smallest absolute Gasteiger partial charge is 0.310 e. The molecule has 0 saturated carbocycles. The van der Waals surface area contributed by atoms with Crippen molar-refractivity contribution >= 4 is 27.5 Å². The Hall–Kier alpha value is -2.68. The first kappa shape index (κ1) is 13.3. The lowest BCUT2D eigenvalue weighted by Crippen LogP contribution is -2.07. The highest BCUT2D eigenvalue weighted by molar-refractivity contribution is 5.93.